The quantitative estimate of drug-likeness (QED) is 0.458. The minimum atomic E-state index is -1.44. The van der Waals surface area contributed by atoms with Gasteiger partial charge in [-0.3, -0.25) is 0 Å². The van der Waals surface area contributed by atoms with Crippen molar-refractivity contribution in [2.45, 2.75) is 63.3 Å². The molecule has 1 rings (SSSR count). The van der Waals surface area contributed by atoms with Crippen LogP contribution >= 0.6 is 0 Å². The van der Waals surface area contributed by atoms with Gasteiger partial charge in [0.2, 0.25) is 0 Å². The van der Waals surface area contributed by atoms with Crippen LogP contribution in [0, 0.1) is 0 Å². The van der Waals surface area contributed by atoms with Crippen molar-refractivity contribution in [2.75, 3.05) is 13.2 Å². The molecule has 1 unspecified atom stereocenters. The van der Waals surface area contributed by atoms with E-state index in [4.69, 9.17) is 14.6 Å². The third kappa shape index (κ3) is 4.15. The van der Waals surface area contributed by atoms with Crippen molar-refractivity contribution >= 4 is 0 Å². The molecule has 1 aliphatic heterocycles. The Morgan fingerprint density at radius 2 is 1.78 bits per heavy atom. The number of aliphatic hydroxyl groups excluding tert-OH is 4. The van der Waals surface area contributed by atoms with Crippen LogP contribution in [0.1, 0.15) is 32.6 Å². The standard InChI is InChI=1S/C12H24O6/c1-2-3-4-5-6-17-11-9(14)8(7-13)18-12(16)10(11)15/h8-16H,2-7H2,1H3/t8-,9-,10-,11+,12?/m1/s1. The lowest BCUT2D eigenvalue weighted by Crippen LogP contribution is -2.59. The predicted octanol–water partition coefficient (Wildman–Crippen LogP) is -0.617. The highest BCUT2D eigenvalue weighted by atomic mass is 16.6. The molecular formula is C12H24O6. The fraction of sp³-hybridized carbons (Fsp3) is 1.00. The van der Waals surface area contributed by atoms with E-state index >= 15 is 0 Å². The van der Waals surface area contributed by atoms with E-state index in [-0.39, 0.29) is 0 Å². The summed E-state index contributed by atoms with van der Waals surface area (Å²) in [5, 5.41) is 37.9. The van der Waals surface area contributed by atoms with Crippen molar-refractivity contribution in [1.29, 1.82) is 0 Å². The van der Waals surface area contributed by atoms with Gasteiger partial charge in [0.05, 0.1) is 6.61 Å². The second kappa shape index (κ2) is 8.04. The minimum absolute atomic E-state index is 0.406. The summed E-state index contributed by atoms with van der Waals surface area (Å²) in [6, 6.07) is 0. The third-order valence-electron chi connectivity index (χ3n) is 3.15. The van der Waals surface area contributed by atoms with E-state index in [0.29, 0.717) is 6.61 Å². The highest BCUT2D eigenvalue weighted by molar-refractivity contribution is 4.89. The Hall–Kier alpha value is -0.240. The van der Waals surface area contributed by atoms with E-state index in [2.05, 4.69) is 6.92 Å². The minimum Gasteiger partial charge on any atom is -0.394 e. The number of rotatable bonds is 7. The van der Waals surface area contributed by atoms with Crippen LogP contribution in [-0.4, -0.2) is 64.3 Å². The van der Waals surface area contributed by atoms with Crippen molar-refractivity contribution in [1.82, 2.24) is 0 Å². The molecular weight excluding hydrogens is 240 g/mol. The lowest BCUT2D eigenvalue weighted by atomic mass is 9.99. The fourth-order valence-electron chi connectivity index (χ4n) is 2.01. The number of aliphatic hydroxyl groups is 4. The SMILES string of the molecule is CCCCCCO[C@H]1[C@H](O)[C@@H](CO)OC(O)[C@@H]1O. The number of hydrogen-bond donors (Lipinski definition) is 4. The van der Waals surface area contributed by atoms with E-state index in [9.17, 15) is 15.3 Å². The van der Waals surface area contributed by atoms with Gasteiger partial charge in [0, 0.05) is 6.61 Å². The molecule has 4 N–H and O–H groups in total. The summed E-state index contributed by atoms with van der Waals surface area (Å²) in [7, 11) is 0. The van der Waals surface area contributed by atoms with E-state index in [1.54, 1.807) is 0 Å². The molecule has 6 heteroatoms. The molecule has 0 spiro atoms. The van der Waals surface area contributed by atoms with Crippen LogP contribution in [0.25, 0.3) is 0 Å². The molecule has 0 aromatic carbocycles. The van der Waals surface area contributed by atoms with E-state index in [0.717, 1.165) is 25.7 Å². The average molecular weight is 264 g/mol. The zero-order valence-electron chi connectivity index (χ0n) is 10.7. The Morgan fingerprint density at radius 3 is 2.39 bits per heavy atom. The van der Waals surface area contributed by atoms with E-state index in [1.807, 2.05) is 0 Å². The summed E-state index contributed by atoms with van der Waals surface area (Å²) in [5.41, 5.74) is 0. The Morgan fingerprint density at radius 1 is 1.06 bits per heavy atom. The Kier molecular flexibility index (Phi) is 7.06. The zero-order chi connectivity index (χ0) is 13.5. The van der Waals surface area contributed by atoms with E-state index < -0.39 is 37.3 Å². The summed E-state index contributed by atoms with van der Waals surface area (Å²) in [5.74, 6) is 0. The number of ether oxygens (including phenoxy) is 2. The molecule has 0 aliphatic carbocycles. The topological polar surface area (TPSA) is 99.4 Å². The molecule has 0 saturated carbocycles. The lowest BCUT2D eigenvalue weighted by Gasteiger charge is -2.39. The maximum atomic E-state index is 9.84. The molecule has 0 radical (unpaired) electrons. The van der Waals surface area contributed by atoms with E-state index in [1.165, 1.54) is 0 Å². The van der Waals surface area contributed by atoms with Crippen molar-refractivity contribution in [3.8, 4) is 0 Å². The van der Waals surface area contributed by atoms with Crippen LogP contribution in [-0.2, 0) is 9.47 Å². The van der Waals surface area contributed by atoms with Gasteiger partial charge in [-0.05, 0) is 6.42 Å². The number of unbranched alkanes of at least 4 members (excludes halogenated alkanes) is 3. The fourth-order valence-corrected chi connectivity index (χ4v) is 2.01. The van der Waals surface area contributed by atoms with Gasteiger partial charge in [-0.1, -0.05) is 26.2 Å². The molecule has 0 amide bonds. The molecule has 1 aliphatic rings. The summed E-state index contributed by atoms with van der Waals surface area (Å²) in [6.45, 7) is 2.08. The van der Waals surface area contributed by atoms with Gasteiger partial charge in [0.25, 0.3) is 0 Å². The van der Waals surface area contributed by atoms with Crippen LogP contribution in [0.2, 0.25) is 0 Å². The maximum absolute atomic E-state index is 9.84. The molecule has 18 heavy (non-hydrogen) atoms. The van der Waals surface area contributed by atoms with Crippen molar-refractivity contribution in [2.24, 2.45) is 0 Å². The smallest absolute Gasteiger partial charge is 0.184 e. The largest absolute Gasteiger partial charge is 0.394 e. The van der Waals surface area contributed by atoms with Gasteiger partial charge in [0.1, 0.15) is 24.4 Å². The molecule has 1 saturated heterocycles. The first kappa shape index (κ1) is 15.8. The van der Waals surface area contributed by atoms with Crippen molar-refractivity contribution in [3.05, 3.63) is 0 Å². The lowest BCUT2D eigenvalue weighted by molar-refractivity contribution is -0.294. The normalized spacial score (nSPS) is 36.8. The first-order valence-electron chi connectivity index (χ1n) is 6.54. The molecule has 5 atom stereocenters. The molecule has 6 nitrogen and oxygen atoms in total. The molecule has 0 aromatic rings. The number of hydrogen-bond acceptors (Lipinski definition) is 6. The molecule has 0 aromatic heterocycles. The van der Waals surface area contributed by atoms with Crippen LogP contribution in [0.5, 0.6) is 0 Å². The summed E-state index contributed by atoms with van der Waals surface area (Å²) < 4.78 is 10.3. The molecule has 1 fully saturated rings. The van der Waals surface area contributed by atoms with Crippen molar-refractivity contribution < 1.29 is 29.9 Å². The van der Waals surface area contributed by atoms with Gasteiger partial charge < -0.3 is 29.9 Å². The van der Waals surface area contributed by atoms with Gasteiger partial charge in [-0.25, -0.2) is 0 Å². The maximum Gasteiger partial charge on any atom is 0.184 e. The van der Waals surface area contributed by atoms with Gasteiger partial charge in [-0.2, -0.15) is 0 Å². The Balaban J connectivity index is 2.39. The van der Waals surface area contributed by atoms with Crippen LogP contribution in [0.3, 0.4) is 0 Å². The van der Waals surface area contributed by atoms with Crippen LogP contribution < -0.4 is 0 Å². The zero-order valence-corrected chi connectivity index (χ0v) is 10.7. The summed E-state index contributed by atoms with van der Waals surface area (Å²) in [6.07, 6.45) is -1.63. The monoisotopic (exact) mass is 264 g/mol. The highest BCUT2D eigenvalue weighted by Crippen LogP contribution is 2.22. The van der Waals surface area contributed by atoms with Crippen LogP contribution in [0.15, 0.2) is 0 Å². The van der Waals surface area contributed by atoms with Crippen molar-refractivity contribution in [3.63, 3.8) is 0 Å². The molecule has 108 valence electrons. The first-order valence-corrected chi connectivity index (χ1v) is 6.54. The first-order chi connectivity index (χ1) is 8.61. The highest BCUT2D eigenvalue weighted by Gasteiger charge is 2.44. The average Bonchev–Trinajstić information content (AvgIpc) is 2.37. The van der Waals surface area contributed by atoms with Crippen LogP contribution in [0.4, 0.5) is 0 Å². The summed E-state index contributed by atoms with van der Waals surface area (Å²) in [4.78, 5) is 0. The second-order valence-corrected chi connectivity index (χ2v) is 4.62. The Labute approximate surface area is 107 Å². The third-order valence-corrected chi connectivity index (χ3v) is 3.15. The second-order valence-electron chi connectivity index (χ2n) is 4.62. The summed E-state index contributed by atoms with van der Waals surface area (Å²) >= 11 is 0. The predicted molar refractivity (Wildman–Crippen MR) is 63.9 cm³/mol. The van der Waals surface area contributed by atoms with Gasteiger partial charge in [-0.15, -0.1) is 0 Å². The van der Waals surface area contributed by atoms with Gasteiger partial charge >= 0.3 is 0 Å². The Bertz CT molecular complexity index is 225. The van der Waals surface area contributed by atoms with Gasteiger partial charge in [0.15, 0.2) is 6.29 Å². The molecule has 0 bridgehead atoms. The molecule has 1 heterocycles.